The van der Waals surface area contributed by atoms with Gasteiger partial charge in [0.2, 0.25) is 11.8 Å². The van der Waals surface area contributed by atoms with E-state index in [0.29, 0.717) is 34.0 Å². The molecule has 0 radical (unpaired) electrons. The maximum atomic E-state index is 12.4. The fourth-order valence-corrected chi connectivity index (χ4v) is 4.60. The summed E-state index contributed by atoms with van der Waals surface area (Å²) in [5.74, 6) is 1.77. The second-order valence-electron chi connectivity index (χ2n) is 7.03. The Morgan fingerprint density at radius 3 is 2.50 bits per heavy atom. The summed E-state index contributed by atoms with van der Waals surface area (Å²) < 4.78 is 0. The van der Waals surface area contributed by atoms with Crippen molar-refractivity contribution in [2.75, 3.05) is 18.9 Å². The molecule has 0 spiro atoms. The normalized spacial score (nSPS) is 24.9. The van der Waals surface area contributed by atoms with E-state index in [-0.39, 0.29) is 18.4 Å². The molecule has 3 atom stereocenters. The number of hydrogen-bond donors (Lipinski definition) is 1. The lowest BCUT2D eigenvalue weighted by Crippen LogP contribution is -2.36. The zero-order valence-electron chi connectivity index (χ0n) is 13.7. The quantitative estimate of drug-likeness (QED) is 0.845. The van der Waals surface area contributed by atoms with Crippen LogP contribution in [-0.4, -0.2) is 30.3 Å². The van der Waals surface area contributed by atoms with Crippen LogP contribution in [0.1, 0.15) is 32.1 Å². The van der Waals surface area contributed by atoms with Gasteiger partial charge in [-0.15, -0.1) is 0 Å². The van der Waals surface area contributed by atoms with Gasteiger partial charge in [-0.2, -0.15) is 0 Å². The summed E-state index contributed by atoms with van der Waals surface area (Å²) in [5, 5.41) is 3.45. The molecule has 1 aromatic rings. The topological polar surface area (TPSA) is 49.4 Å². The number of halogens is 2. The average Bonchev–Trinajstić information content (AvgIpc) is 3.13. The molecule has 2 bridgehead atoms. The first-order valence-electron chi connectivity index (χ1n) is 8.42. The third-order valence-corrected chi connectivity index (χ3v) is 5.99. The van der Waals surface area contributed by atoms with Crippen LogP contribution in [0.2, 0.25) is 10.0 Å². The fourth-order valence-electron chi connectivity index (χ4n) is 4.11. The standard InChI is InChI=1S/C18H22Cl2N2O2/c1-22(17(24)9-13-8-11-5-6-12(13)7-11)10-16(23)21-18-14(19)3-2-4-15(18)20/h2-4,11-13H,5-10H2,1H3,(H,21,23)/t11-,12+,13+/m0/s1. The molecule has 2 saturated carbocycles. The molecule has 3 rings (SSSR count). The van der Waals surface area contributed by atoms with Crippen LogP contribution < -0.4 is 5.32 Å². The summed E-state index contributed by atoms with van der Waals surface area (Å²) in [6, 6.07) is 5.03. The summed E-state index contributed by atoms with van der Waals surface area (Å²) in [6.45, 7) is 0.00119. The zero-order valence-corrected chi connectivity index (χ0v) is 15.2. The third-order valence-electron chi connectivity index (χ3n) is 5.36. The molecule has 6 heteroatoms. The van der Waals surface area contributed by atoms with Gasteiger partial charge in [0, 0.05) is 13.5 Å². The molecule has 0 aliphatic heterocycles. The number of hydrogen-bond acceptors (Lipinski definition) is 2. The summed E-state index contributed by atoms with van der Waals surface area (Å²) in [6.07, 6.45) is 5.60. The van der Waals surface area contributed by atoms with E-state index in [4.69, 9.17) is 23.2 Å². The van der Waals surface area contributed by atoms with Crippen LogP contribution in [0.5, 0.6) is 0 Å². The number of benzene rings is 1. The van der Waals surface area contributed by atoms with E-state index in [1.165, 1.54) is 30.6 Å². The number of nitrogens with zero attached hydrogens (tertiary/aromatic N) is 1. The molecule has 24 heavy (non-hydrogen) atoms. The minimum Gasteiger partial charge on any atom is -0.336 e. The Morgan fingerprint density at radius 1 is 1.21 bits per heavy atom. The van der Waals surface area contributed by atoms with Gasteiger partial charge in [0.15, 0.2) is 0 Å². The van der Waals surface area contributed by atoms with Crippen LogP contribution in [0.25, 0.3) is 0 Å². The van der Waals surface area contributed by atoms with Gasteiger partial charge in [-0.3, -0.25) is 9.59 Å². The van der Waals surface area contributed by atoms with Crippen molar-refractivity contribution in [2.24, 2.45) is 17.8 Å². The van der Waals surface area contributed by atoms with Gasteiger partial charge >= 0.3 is 0 Å². The minimum absolute atomic E-state index is 0.00119. The van der Waals surface area contributed by atoms with Crippen LogP contribution in [-0.2, 0) is 9.59 Å². The van der Waals surface area contributed by atoms with Crippen molar-refractivity contribution in [1.29, 1.82) is 0 Å². The van der Waals surface area contributed by atoms with Gasteiger partial charge < -0.3 is 10.2 Å². The molecular weight excluding hydrogens is 347 g/mol. The van der Waals surface area contributed by atoms with E-state index in [9.17, 15) is 9.59 Å². The molecule has 2 amide bonds. The molecule has 2 aliphatic rings. The third kappa shape index (κ3) is 3.86. The van der Waals surface area contributed by atoms with Crippen LogP contribution in [0, 0.1) is 17.8 Å². The molecule has 4 nitrogen and oxygen atoms in total. The molecule has 0 heterocycles. The average molecular weight is 369 g/mol. The van der Waals surface area contributed by atoms with E-state index >= 15 is 0 Å². The van der Waals surface area contributed by atoms with Crippen molar-refractivity contribution in [1.82, 2.24) is 4.90 Å². The SMILES string of the molecule is CN(CC(=O)Nc1c(Cl)cccc1Cl)C(=O)C[C@H]1C[C@H]2CC[C@@H]1C2. The van der Waals surface area contributed by atoms with E-state index in [1.807, 2.05) is 0 Å². The number of rotatable bonds is 5. The predicted molar refractivity (Wildman–Crippen MR) is 96.3 cm³/mol. The van der Waals surface area contributed by atoms with E-state index in [1.54, 1.807) is 25.2 Å². The molecule has 0 unspecified atom stereocenters. The Balaban J connectivity index is 1.51. The molecule has 0 aromatic heterocycles. The first kappa shape index (κ1) is 17.6. The highest BCUT2D eigenvalue weighted by Gasteiger charge is 2.40. The maximum Gasteiger partial charge on any atom is 0.244 e. The number of amides is 2. The number of likely N-dealkylation sites (N-methyl/N-ethyl adjacent to an activating group) is 1. The summed E-state index contributed by atoms with van der Waals surface area (Å²) >= 11 is 12.1. The van der Waals surface area contributed by atoms with Crippen molar-refractivity contribution in [3.63, 3.8) is 0 Å². The highest BCUT2D eigenvalue weighted by Crippen LogP contribution is 2.49. The predicted octanol–water partition coefficient (Wildman–Crippen LogP) is 4.22. The second kappa shape index (κ2) is 7.32. The molecule has 2 aliphatic carbocycles. The lowest BCUT2D eigenvalue weighted by Gasteiger charge is -2.24. The first-order valence-corrected chi connectivity index (χ1v) is 9.17. The number of anilines is 1. The Morgan fingerprint density at radius 2 is 1.92 bits per heavy atom. The molecule has 1 N–H and O–H groups in total. The number of para-hydroxylation sites is 1. The van der Waals surface area contributed by atoms with Gasteiger partial charge in [0.1, 0.15) is 0 Å². The summed E-state index contributed by atoms with van der Waals surface area (Å²) in [5.41, 5.74) is 0.389. The molecule has 1 aromatic carbocycles. The van der Waals surface area contributed by atoms with Gasteiger partial charge in [-0.25, -0.2) is 0 Å². The van der Waals surface area contributed by atoms with Gasteiger partial charge in [0.05, 0.1) is 22.3 Å². The van der Waals surface area contributed by atoms with Crippen molar-refractivity contribution in [2.45, 2.75) is 32.1 Å². The number of carbonyl (C=O) groups excluding carboxylic acids is 2. The van der Waals surface area contributed by atoms with Crippen LogP contribution in [0.3, 0.4) is 0 Å². The Labute approximate surface area is 152 Å². The Hall–Kier alpha value is -1.26. The zero-order chi connectivity index (χ0) is 17.3. The fraction of sp³-hybridized carbons (Fsp3) is 0.556. The number of nitrogens with one attached hydrogen (secondary N) is 1. The summed E-state index contributed by atoms with van der Waals surface area (Å²) in [4.78, 5) is 26.1. The highest BCUT2D eigenvalue weighted by molar-refractivity contribution is 6.39. The second-order valence-corrected chi connectivity index (χ2v) is 7.85. The molecule has 130 valence electrons. The largest absolute Gasteiger partial charge is 0.336 e. The lowest BCUT2D eigenvalue weighted by molar-refractivity contribution is -0.134. The van der Waals surface area contributed by atoms with E-state index in [2.05, 4.69) is 5.32 Å². The molecular formula is C18H22Cl2N2O2. The van der Waals surface area contributed by atoms with Crippen LogP contribution in [0.4, 0.5) is 5.69 Å². The number of fused-ring (bicyclic) bond motifs is 2. The minimum atomic E-state index is -0.297. The van der Waals surface area contributed by atoms with Crippen LogP contribution >= 0.6 is 23.2 Å². The molecule has 2 fully saturated rings. The Bertz CT molecular complexity index is 630. The smallest absolute Gasteiger partial charge is 0.244 e. The molecule has 0 saturated heterocycles. The first-order chi connectivity index (χ1) is 11.4. The van der Waals surface area contributed by atoms with Gasteiger partial charge in [-0.1, -0.05) is 35.7 Å². The Kier molecular flexibility index (Phi) is 5.36. The highest BCUT2D eigenvalue weighted by atomic mass is 35.5. The van der Waals surface area contributed by atoms with Crippen LogP contribution in [0.15, 0.2) is 18.2 Å². The van der Waals surface area contributed by atoms with E-state index < -0.39 is 0 Å². The lowest BCUT2D eigenvalue weighted by atomic mass is 9.86. The van der Waals surface area contributed by atoms with Gasteiger partial charge in [-0.05, 0) is 49.1 Å². The van der Waals surface area contributed by atoms with Crippen molar-refractivity contribution in [3.05, 3.63) is 28.2 Å². The maximum absolute atomic E-state index is 12.4. The van der Waals surface area contributed by atoms with Crippen molar-refractivity contribution >= 4 is 40.7 Å². The number of carbonyl (C=O) groups is 2. The van der Waals surface area contributed by atoms with Crippen molar-refractivity contribution < 1.29 is 9.59 Å². The van der Waals surface area contributed by atoms with E-state index in [0.717, 1.165) is 5.92 Å². The van der Waals surface area contributed by atoms with Crippen molar-refractivity contribution in [3.8, 4) is 0 Å². The van der Waals surface area contributed by atoms with Gasteiger partial charge in [0.25, 0.3) is 0 Å². The summed E-state index contributed by atoms with van der Waals surface area (Å²) in [7, 11) is 1.67. The monoisotopic (exact) mass is 368 g/mol.